The van der Waals surface area contributed by atoms with Crippen molar-refractivity contribution >= 4 is 28.8 Å². The molecule has 1 aromatic carbocycles. The van der Waals surface area contributed by atoms with Gasteiger partial charge in [0, 0.05) is 25.2 Å². The van der Waals surface area contributed by atoms with Gasteiger partial charge in [0.25, 0.3) is 5.91 Å². The lowest BCUT2D eigenvalue weighted by molar-refractivity contribution is -0.137. The minimum absolute atomic E-state index is 0.0360. The van der Waals surface area contributed by atoms with Crippen molar-refractivity contribution in [3.05, 3.63) is 52.2 Å². The Balaban J connectivity index is 1.47. The first-order valence-corrected chi connectivity index (χ1v) is 10.0. The maximum absolute atomic E-state index is 12.6. The summed E-state index contributed by atoms with van der Waals surface area (Å²) in [4.78, 5) is 27.2. The van der Waals surface area contributed by atoms with Crippen LogP contribution in [-0.2, 0) is 11.0 Å². The Kier molecular flexibility index (Phi) is 6.39. The molecule has 2 aromatic rings. The van der Waals surface area contributed by atoms with Crippen LogP contribution < -0.4 is 5.32 Å². The number of carbonyl (C=O) groups excluding carboxylic acids is 2. The first-order chi connectivity index (χ1) is 13.3. The van der Waals surface area contributed by atoms with Gasteiger partial charge in [0.15, 0.2) is 0 Å². The van der Waals surface area contributed by atoms with E-state index in [0.29, 0.717) is 18.7 Å². The van der Waals surface area contributed by atoms with Gasteiger partial charge in [0.1, 0.15) is 0 Å². The molecule has 1 N–H and O–H groups in total. The number of benzene rings is 1. The van der Waals surface area contributed by atoms with E-state index in [4.69, 9.17) is 0 Å². The molecule has 0 aliphatic carbocycles. The number of hydrogen-bond donors (Lipinski definition) is 1. The fourth-order valence-electron chi connectivity index (χ4n) is 3.34. The molecular weight excluding hydrogens is 389 g/mol. The first kappa shape index (κ1) is 20.4. The van der Waals surface area contributed by atoms with Crippen LogP contribution in [0.2, 0.25) is 0 Å². The summed E-state index contributed by atoms with van der Waals surface area (Å²) in [6, 6.07) is 8.07. The van der Waals surface area contributed by atoms with Gasteiger partial charge in [0.05, 0.1) is 10.4 Å². The SMILES string of the molecule is O=C(CC[C@H]1CCCN(C(=O)c2cccs2)C1)Nc1ccc(C(F)(F)F)cc1. The smallest absolute Gasteiger partial charge is 0.338 e. The summed E-state index contributed by atoms with van der Waals surface area (Å²) in [7, 11) is 0. The predicted octanol–water partition coefficient (Wildman–Crippen LogP) is 5.04. The fraction of sp³-hybridized carbons (Fsp3) is 0.400. The second-order valence-corrected chi connectivity index (χ2v) is 7.85. The second kappa shape index (κ2) is 8.77. The van der Waals surface area contributed by atoms with Crippen LogP contribution >= 0.6 is 11.3 Å². The maximum atomic E-state index is 12.6. The van der Waals surface area contributed by atoms with Gasteiger partial charge >= 0.3 is 6.18 Å². The molecule has 1 aliphatic rings. The van der Waals surface area contributed by atoms with Gasteiger partial charge in [-0.3, -0.25) is 9.59 Å². The lowest BCUT2D eigenvalue weighted by Crippen LogP contribution is -2.39. The number of carbonyl (C=O) groups is 2. The minimum atomic E-state index is -4.39. The van der Waals surface area contributed by atoms with E-state index in [9.17, 15) is 22.8 Å². The minimum Gasteiger partial charge on any atom is -0.338 e. The molecular formula is C20H21F3N2O2S. The number of amides is 2. The standard InChI is InChI=1S/C20H21F3N2O2S/c21-20(22,23)15-6-8-16(9-7-15)24-18(26)10-5-14-3-1-11-25(13-14)19(27)17-4-2-12-28-17/h2,4,6-9,12,14H,1,3,5,10-11,13H2,(H,24,26)/t14-/m1/s1. The average molecular weight is 410 g/mol. The summed E-state index contributed by atoms with van der Waals surface area (Å²) in [6.07, 6.45) is -1.62. The van der Waals surface area contributed by atoms with E-state index in [1.54, 1.807) is 0 Å². The molecule has 1 aliphatic heterocycles. The van der Waals surface area contributed by atoms with Gasteiger partial charge in [-0.2, -0.15) is 13.2 Å². The highest BCUT2D eigenvalue weighted by molar-refractivity contribution is 7.12. The van der Waals surface area contributed by atoms with Gasteiger partial charge in [-0.1, -0.05) is 6.07 Å². The van der Waals surface area contributed by atoms with Crippen LogP contribution in [0.15, 0.2) is 41.8 Å². The number of thiophene rings is 1. The fourth-order valence-corrected chi connectivity index (χ4v) is 4.03. The third-order valence-electron chi connectivity index (χ3n) is 4.81. The number of nitrogens with one attached hydrogen (secondary N) is 1. The van der Waals surface area contributed by atoms with Crippen molar-refractivity contribution in [2.75, 3.05) is 18.4 Å². The normalized spacial score (nSPS) is 17.4. The Hall–Kier alpha value is -2.35. The summed E-state index contributed by atoms with van der Waals surface area (Å²) in [5.74, 6) is 0.0476. The summed E-state index contributed by atoms with van der Waals surface area (Å²) in [5.41, 5.74) is -0.403. The average Bonchev–Trinajstić information content (AvgIpc) is 3.20. The van der Waals surface area contributed by atoms with Crippen LogP contribution in [0.25, 0.3) is 0 Å². The van der Waals surface area contributed by atoms with E-state index < -0.39 is 11.7 Å². The molecule has 1 aromatic heterocycles. The largest absolute Gasteiger partial charge is 0.416 e. The van der Waals surface area contributed by atoms with Crippen molar-refractivity contribution in [3.63, 3.8) is 0 Å². The molecule has 1 fully saturated rings. The van der Waals surface area contributed by atoms with Crippen molar-refractivity contribution in [2.45, 2.75) is 31.9 Å². The molecule has 28 heavy (non-hydrogen) atoms. The highest BCUT2D eigenvalue weighted by Gasteiger charge is 2.30. The molecule has 2 heterocycles. The predicted molar refractivity (Wildman–Crippen MR) is 102 cm³/mol. The molecule has 3 rings (SSSR count). The van der Waals surface area contributed by atoms with Crippen LogP contribution in [-0.4, -0.2) is 29.8 Å². The van der Waals surface area contributed by atoms with E-state index >= 15 is 0 Å². The van der Waals surface area contributed by atoms with E-state index in [1.807, 2.05) is 22.4 Å². The topological polar surface area (TPSA) is 49.4 Å². The lowest BCUT2D eigenvalue weighted by Gasteiger charge is -2.32. The number of likely N-dealkylation sites (tertiary alicyclic amines) is 1. The monoisotopic (exact) mass is 410 g/mol. The Morgan fingerprint density at radius 2 is 1.93 bits per heavy atom. The van der Waals surface area contributed by atoms with E-state index in [1.165, 1.54) is 23.5 Å². The Bertz CT molecular complexity index is 804. The number of piperidine rings is 1. The van der Waals surface area contributed by atoms with Crippen LogP contribution in [0.3, 0.4) is 0 Å². The first-order valence-electron chi connectivity index (χ1n) is 9.13. The van der Waals surface area contributed by atoms with Gasteiger partial charge < -0.3 is 10.2 Å². The number of rotatable bonds is 5. The van der Waals surface area contributed by atoms with Gasteiger partial charge in [0.2, 0.25) is 5.91 Å². The summed E-state index contributed by atoms with van der Waals surface area (Å²) >= 11 is 1.42. The van der Waals surface area contributed by atoms with Crippen molar-refractivity contribution in [2.24, 2.45) is 5.92 Å². The zero-order valence-electron chi connectivity index (χ0n) is 15.2. The number of hydrogen-bond acceptors (Lipinski definition) is 3. The van der Waals surface area contributed by atoms with Crippen LogP contribution in [0.4, 0.5) is 18.9 Å². The van der Waals surface area contributed by atoms with Crippen LogP contribution in [0.1, 0.15) is 40.9 Å². The second-order valence-electron chi connectivity index (χ2n) is 6.90. The molecule has 0 bridgehead atoms. The van der Waals surface area contributed by atoms with E-state index in [0.717, 1.165) is 36.4 Å². The highest BCUT2D eigenvalue weighted by Crippen LogP contribution is 2.30. The Morgan fingerprint density at radius 1 is 1.18 bits per heavy atom. The molecule has 0 spiro atoms. The third kappa shape index (κ3) is 5.34. The molecule has 0 saturated carbocycles. The van der Waals surface area contributed by atoms with Crippen molar-refractivity contribution in [1.29, 1.82) is 0 Å². The van der Waals surface area contributed by atoms with Crippen LogP contribution in [0.5, 0.6) is 0 Å². The molecule has 4 nitrogen and oxygen atoms in total. The zero-order valence-corrected chi connectivity index (χ0v) is 16.0. The van der Waals surface area contributed by atoms with Gasteiger partial charge in [-0.25, -0.2) is 0 Å². The summed E-state index contributed by atoms with van der Waals surface area (Å²) < 4.78 is 37.7. The van der Waals surface area contributed by atoms with Crippen LogP contribution in [0, 0.1) is 5.92 Å². The molecule has 0 unspecified atom stereocenters. The van der Waals surface area contributed by atoms with Crippen molar-refractivity contribution in [1.82, 2.24) is 4.90 Å². The maximum Gasteiger partial charge on any atom is 0.416 e. The van der Waals surface area contributed by atoms with Crippen molar-refractivity contribution in [3.8, 4) is 0 Å². The molecule has 0 radical (unpaired) electrons. The number of anilines is 1. The van der Waals surface area contributed by atoms with E-state index in [2.05, 4.69) is 5.32 Å². The molecule has 8 heteroatoms. The molecule has 1 saturated heterocycles. The van der Waals surface area contributed by atoms with Gasteiger partial charge in [-0.05, 0) is 60.9 Å². The molecule has 1 atom stereocenters. The summed E-state index contributed by atoms with van der Waals surface area (Å²) in [6.45, 7) is 1.36. The zero-order chi connectivity index (χ0) is 20.1. The number of alkyl halides is 3. The molecule has 2 amide bonds. The van der Waals surface area contributed by atoms with Gasteiger partial charge in [-0.15, -0.1) is 11.3 Å². The Morgan fingerprint density at radius 3 is 2.57 bits per heavy atom. The van der Waals surface area contributed by atoms with E-state index in [-0.39, 0.29) is 24.2 Å². The number of halogens is 3. The van der Waals surface area contributed by atoms with Crippen molar-refractivity contribution < 1.29 is 22.8 Å². The Labute approximate surface area is 165 Å². The number of nitrogens with zero attached hydrogens (tertiary/aromatic N) is 1. The third-order valence-corrected chi connectivity index (χ3v) is 5.67. The summed E-state index contributed by atoms with van der Waals surface area (Å²) in [5, 5.41) is 4.51. The molecule has 150 valence electrons. The highest BCUT2D eigenvalue weighted by atomic mass is 32.1. The lowest BCUT2D eigenvalue weighted by atomic mass is 9.93. The quantitative estimate of drug-likeness (QED) is 0.751.